The monoisotopic (exact) mass is 401 g/mol. The lowest BCUT2D eigenvalue weighted by Crippen LogP contribution is -2.44. The number of H-pyrrole nitrogens is 1. The van der Waals surface area contributed by atoms with E-state index >= 15 is 0 Å². The molecule has 7 heteroatoms. The van der Waals surface area contributed by atoms with Crippen LogP contribution in [0.1, 0.15) is 17.5 Å². The predicted molar refractivity (Wildman–Crippen MR) is 117 cm³/mol. The molecule has 30 heavy (non-hydrogen) atoms. The number of piperazine rings is 1. The van der Waals surface area contributed by atoms with Gasteiger partial charge in [0.25, 0.3) is 0 Å². The molecule has 152 valence electrons. The summed E-state index contributed by atoms with van der Waals surface area (Å²) in [6.45, 7) is 3.56. The number of aliphatic imine (C=N–C) groups is 1. The van der Waals surface area contributed by atoms with E-state index in [-0.39, 0.29) is 5.88 Å². The Hall–Kier alpha value is -3.16. The molecule has 0 amide bonds. The molecule has 2 bridgehead atoms. The molecule has 4 heterocycles. The Kier molecular flexibility index (Phi) is 4.11. The fourth-order valence-electron chi connectivity index (χ4n) is 4.90. The number of oxime groups is 1. The first-order valence-electron chi connectivity index (χ1n) is 10.4. The second-order valence-electron chi connectivity index (χ2n) is 8.13. The topological polar surface area (TPSA) is 85.2 Å². The van der Waals surface area contributed by atoms with Gasteiger partial charge in [0.1, 0.15) is 18.0 Å². The van der Waals surface area contributed by atoms with Crippen molar-refractivity contribution in [3.05, 3.63) is 59.7 Å². The van der Waals surface area contributed by atoms with Crippen LogP contribution in [-0.2, 0) is 4.84 Å². The lowest BCUT2D eigenvalue weighted by molar-refractivity contribution is 0.101. The molecule has 0 unspecified atom stereocenters. The minimum absolute atomic E-state index is 0.0936. The minimum atomic E-state index is 0.0936. The Morgan fingerprint density at radius 1 is 1.17 bits per heavy atom. The summed E-state index contributed by atoms with van der Waals surface area (Å²) >= 11 is 0. The number of nitrogens with zero attached hydrogens (tertiary/aromatic N) is 3. The van der Waals surface area contributed by atoms with Crippen LogP contribution >= 0.6 is 0 Å². The molecule has 3 aromatic rings. The highest BCUT2D eigenvalue weighted by Gasteiger charge is 2.37. The molecule has 3 aliphatic rings. The SMILES string of the molecule is Oc1[nH]c2ccccc2c1C1=Nc2ccccc2/C1=N\OCCN1C[C@@H]2C[C@H]1CN2. The molecule has 2 fully saturated rings. The van der Waals surface area contributed by atoms with Crippen LogP contribution in [0.25, 0.3) is 10.9 Å². The van der Waals surface area contributed by atoms with Crippen molar-refractivity contribution >= 4 is 28.0 Å². The van der Waals surface area contributed by atoms with E-state index < -0.39 is 0 Å². The molecule has 2 saturated heterocycles. The standard InChI is InChI=1S/C23H23N5O2/c29-23-20(16-5-1-3-7-18(16)26-23)22-21(17-6-2-4-8-19(17)25-22)27-30-10-9-28-13-14-11-15(28)12-24-14/h1-8,14-15,24,26,29H,9-13H2/b27-21+/t14-,15-/m0/s1. The fourth-order valence-corrected chi connectivity index (χ4v) is 4.90. The lowest BCUT2D eigenvalue weighted by Gasteiger charge is -2.26. The summed E-state index contributed by atoms with van der Waals surface area (Å²) in [4.78, 5) is 16.1. The number of fused-ring (bicyclic) bond motifs is 4. The van der Waals surface area contributed by atoms with Crippen LogP contribution in [0.2, 0.25) is 0 Å². The highest BCUT2D eigenvalue weighted by atomic mass is 16.6. The van der Waals surface area contributed by atoms with E-state index in [1.54, 1.807) is 0 Å². The van der Waals surface area contributed by atoms with Crippen molar-refractivity contribution in [2.45, 2.75) is 18.5 Å². The fraction of sp³-hybridized carbons (Fsp3) is 0.304. The Morgan fingerprint density at radius 2 is 2.03 bits per heavy atom. The predicted octanol–water partition coefficient (Wildman–Crippen LogP) is 2.77. The van der Waals surface area contributed by atoms with Crippen molar-refractivity contribution in [2.75, 3.05) is 26.2 Å². The van der Waals surface area contributed by atoms with Gasteiger partial charge in [0.05, 0.1) is 11.3 Å². The first-order valence-corrected chi connectivity index (χ1v) is 10.4. The van der Waals surface area contributed by atoms with Gasteiger partial charge in [0, 0.05) is 48.2 Å². The van der Waals surface area contributed by atoms with E-state index in [9.17, 15) is 5.11 Å². The first-order chi connectivity index (χ1) is 14.8. The van der Waals surface area contributed by atoms with Gasteiger partial charge in [-0.3, -0.25) is 4.90 Å². The maximum absolute atomic E-state index is 10.6. The largest absolute Gasteiger partial charge is 0.494 e. The van der Waals surface area contributed by atoms with Crippen LogP contribution in [0.4, 0.5) is 5.69 Å². The van der Waals surface area contributed by atoms with Crippen molar-refractivity contribution in [1.82, 2.24) is 15.2 Å². The number of likely N-dealkylation sites (tertiary alicyclic amines) is 1. The number of aromatic hydroxyl groups is 1. The molecule has 6 rings (SSSR count). The molecule has 2 atom stereocenters. The third kappa shape index (κ3) is 2.81. The molecular formula is C23H23N5O2. The summed E-state index contributed by atoms with van der Waals surface area (Å²) < 4.78 is 0. The highest BCUT2D eigenvalue weighted by molar-refractivity contribution is 6.58. The number of hydrogen-bond donors (Lipinski definition) is 3. The zero-order chi connectivity index (χ0) is 20.1. The van der Waals surface area contributed by atoms with Gasteiger partial charge in [-0.2, -0.15) is 0 Å². The number of aromatic amines is 1. The normalized spacial score (nSPS) is 24.0. The van der Waals surface area contributed by atoms with E-state index in [1.165, 1.54) is 6.42 Å². The van der Waals surface area contributed by atoms with Crippen LogP contribution in [0.15, 0.2) is 58.7 Å². The van der Waals surface area contributed by atoms with Crippen LogP contribution in [0.3, 0.4) is 0 Å². The van der Waals surface area contributed by atoms with Gasteiger partial charge in [0.15, 0.2) is 5.88 Å². The Balaban J connectivity index is 1.29. The van der Waals surface area contributed by atoms with Gasteiger partial charge < -0.3 is 20.2 Å². The summed E-state index contributed by atoms with van der Waals surface area (Å²) in [6, 6.07) is 16.9. The van der Waals surface area contributed by atoms with Crippen molar-refractivity contribution in [2.24, 2.45) is 10.1 Å². The number of benzene rings is 2. The molecule has 0 aliphatic carbocycles. The number of nitrogens with one attached hydrogen (secondary N) is 2. The molecule has 7 nitrogen and oxygen atoms in total. The maximum Gasteiger partial charge on any atom is 0.199 e. The van der Waals surface area contributed by atoms with Crippen LogP contribution in [-0.4, -0.2) is 64.7 Å². The molecule has 0 saturated carbocycles. The Morgan fingerprint density at radius 3 is 2.90 bits per heavy atom. The third-order valence-electron chi connectivity index (χ3n) is 6.33. The molecule has 0 spiro atoms. The number of para-hydroxylation sites is 2. The van der Waals surface area contributed by atoms with E-state index in [2.05, 4.69) is 20.4 Å². The summed E-state index contributed by atoms with van der Waals surface area (Å²) in [5, 5.41) is 19.5. The Bertz CT molecular complexity index is 1180. The summed E-state index contributed by atoms with van der Waals surface area (Å²) in [6.07, 6.45) is 1.23. The zero-order valence-corrected chi connectivity index (χ0v) is 16.5. The number of rotatable bonds is 5. The first kappa shape index (κ1) is 17.7. The van der Waals surface area contributed by atoms with Crippen LogP contribution in [0.5, 0.6) is 5.88 Å². The van der Waals surface area contributed by atoms with Gasteiger partial charge >= 0.3 is 0 Å². The summed E-state index contributed by atoms with van der Waals surface area (Å²) in [7, 11) is 0. The molecular weight excluding hydrogens is 378 g/mol. The van der Waals surface area contributed by atoms with E-state index in [1.807, 2.05) is 48.5 Å². The van der Waals surface area contributed by atoms with Gasteiger partial charge in [-0.1, -0.05) is 41.6 Å². The van der Waals surface area contributed by atoms with E-state index in [0.29, 0.717) is 35.7 Å². The maximum atomic E-state index is 10.6. The smallest absolute Gasteiger partial charge is 0.199 e. The lowest BCUT2D eigenvalue weighted by atomic mass is 10.0. The Labute approximate surface area is 174 Å². The van der Waals surface area contributed by atoms with Crippen LogP contribution < -0.4 is 5.32 Å². The minimum Gasteiger partial charge on any atom is -0.494 e. The number of aromatic nitrogens is 1. The molecule has 0 radical (unpaired) electrons. The van der Waals surface area contributed by atoms with Crippen molar-refractivity contribution in [1.29, 1.82) is 0 Å². The molecule has 3 N–H and O–H groups in total. The zero-order valence-electron chi connectivity index (χ0n) is 16.5. The van der Waals surface area contributed by atoms with E-state index in [4.69, 9.17) is 9.83 Å². The summed E-state index contributed by atoms with van der Waals surface area (Å²) in [5.74, 6) is 0.0936. The van der Waals surface area contributed by atoms with Crippen molar-refractivity contribution in [3.8, 4) is 5.88 Å². The second-order valence-corrected chi connectivity index (χ2v) is 8.13. The average Bonchev–Trinajstić information content (AvgIpc) is 3.52. The molecule has 2 aromatic carbocycles. The van der Waals surface area contributed by atoms with Gasteiger partial charge in [-0.25, -0.2) is 4.99 Å². The van der Waals surface area contributed by atoms with Crippen molar-refractivity contribution < 1.29 is 9.94 Å². The van der Waals surface area contributed by atoms with Crippen molar-refractivity contribution in [3.63, 3.8) is 0 Å². The van der Waals surface area contributed by atoms with Gasteiger partial charge in [0.2, 0.25) is 0 Å². The number of hydrogen-bond acceptors (Lipinski definition) is 6. The van der Waals surface area contributed by atoms with E-state index in [0.717, 1.165) is 41.8 Å². The van der Waals surface area contributed by atoms with Crippen LogP contribution in [0, 0.1) is 0 Å². The second kappa shape index (κ2) is 6.97. The quantitative estimate of drug-likeness (QED) is 0.453. The third-order valence-corrected chi connectivity index (χ3v) is 6.33. The van der Waals surface area contributed by atoms with Gasteiger partial charge in [-0.05, 0) is 18.6 Å². The van der Waals surface area contributed by atoms with Gasteiger partial charge in [-0.15, -0.1) is 0 Å². The molecule has 3 aliphatic heterocycles. The average molecular weight is 401 g/mol. The molecule has 1 aromatic heterocycles. The highest BCUT2D eigenvalue weighted by Crippen LogP contribution is 2.35. The summed E-state index contributed by atoms with van der Waals surface area (Å²) in [5.41, 5.74) is 4.57.